The second-order valence-corrected chi connectivity index (χ2v) is 6.73. The van der Waals surface area contributed by atoms with Gasteiger partial charge in [-0.3, -0.25) is 4.79 Å². The smallest absolute Gasteiger partial charge is 0.320 e. The van der Waals surface area contributed by atoms with Gasteiger partial charge in [0.05, 0.1) is 12.7 Å². The molecule has 0 heterocycles. The van der Waals surface area contributed by atoms with Crippen molar-refractivity contribution in [3.05, 3.63) is 0 Å². The number of carboxylic acids is 1. The zero-order valence-electron chi connectivity index (χ0n) is 15.8. The molecule has 0 aromatic rings. The van der Waals surface area contributed by atoms with Crippen molar-refractivity contribution in [1.29, 1.82) is 0 Å². The van der Waals surface area contributed by atoms with Crippen molar-refractivity contribution >= 4 is 5.97 Å². The van der Waals surface area contributed by atoms with Gasteiger partial charge < -0.3 is 20.3 Å². The molecule has 0 saturated carbocycles. The fourth-order valence-corrected chi connectivity index (χ4v) is 2.55. The van der Waals surface area contributed by atoms with E-state index >= 15 is 0 Å². The van der Waals surface area contributed by atoms with Crippen molar-refractivity contribution in [1.82, 2.24) is 5.32 Å². The predicted molar refractivity (Wildman–Crippen MR) is 98.4 cm³/mol. The van der Waals surface area contributed by atoms with E-state index in [9.17, 15) is 9.90 Å². The Morgan fingerprint density at radius 1 is 0.958 bits per heavy atom. The van der Waals surface area contributed by atoms with Crippen LogP contribution in [0.2, 0.25) is 0 Å². The quantitative estimate of drug-likeness (QED) is 0.330. The van der Waals surface area contributed by atoms with Gasteiger partial charge in [0.25, 0.3) is 0 Å². The lowest BCUT2D eigenvalue weighted by Gasteiger charge is -2.14. The molecule has 2 unspecified atom stereocenters. The number of unbranched alkanes of at least 4 members (excludes halogenated alkanes) is 10. The third-order valence-electron chi connectivity index (χ3n) is 4.23. The minimum absolute atomic E-state index is 0.242. The van der Waals surface area contributed by atoms with Crippen molar-refractivity contribution < 1.29 is 19.7 Å². The van der Waals surface area contributed by atoms with Crippen LogP contribution in [0.5, 0.6) is 0 Å². The molecule has 0 aromatic heterocycles. The van der Waals surface area contributed by atoms with Gasteiger partial charge in [-0.05, 0) is 13.3 Å². The SMILES string of the molecule is CCCCCCCCCCCCCOCC(O)CNC(C)C(=O)O. The summed E-state index contributed by atoms with van der Waals surface area (Å²) in [4.78, 5) is 10.6. The van der Waals surface area contributed by atoms with E-state index in [-0.39, 0.29) is 13.2 Å². The standard InChI is InChI=1S/C19H39NO4/c1-3-4-5-6-7-8-9-10-11-12-13-14-24-16-18(21)15-20-17(2)19(22)23/h17-18,20-21H,3-16H2,1-2H3,(H,22,23). The second kappa shape index (κ2) is 17.2. The van der Waals surface area contributed by atoms with Crippen LogP contribution in [0.15, 0.2) is 0 Å². The van der Waals surface area contributed by atoms with Gasteiger partial charge in [-0.15, -0.1) is 0 Å². The highest BCUT2D eigenvalue weighted by Gasteiger charge is 2.12. The lowest BCUT2D eigenvalue weighted by Crippen LogP contribution is -2.40. The molecule has 0 spiro atoms. The van der Waals surface area contributed by atoms with Crippen LogP contribution in [0.4, 0.5) is 0 Å². The molecule has 3 N–H and O–H groups in total. The molecule has 0 radical (unpaired) electrons. The van der Waals surface area contributed by atoms with Crippen LogP contribution in [0.25, 0.3) is 0 Å². The van der Waals surface area contributed by atoms with Gasteiger partial charge in [-0.25, -0.2) is 0 Å². The lowest BCUT2D eigenvalue weighted by molar-refractivity contribution is -0.139. The Bertz CT molecular complexity index is 287. The molecule has 2 atom stereocenters. The monoisotopic (exact) mass is 345 g/mol. The largest absolute Gasteiger partial charge is 0.480 e. The highest BCUT2D eigenvalue weighted by Crippen LogP contribution is 2.11. The molecule has 0 aliphatic rings. The number of aliphatic hydroxyl groups excluding tert-OH is 1. The molecule has 0 saturated heterocycles. The van der Waals surface area contributed by atoms with Gasteiger partial charge in [0.15, 0.2) is 0 Å². The summed E-state index contributed by atoms with van der Waals surface area (Å²) in [6, 6.07) is -0.647. The van der Waals surface area contributed by atoms with Crippen LogP contribution in [0, 0.1) is 0 Å². The number of carbonyl (C=O) groups is 1. The molecule has 0 amide bonds. The summed E-state index contributed by atoms with van der Waals surface area (Å²) in [5.74, 6) is -0.913. The van der Waals surface area contributed by atoms with E-state index in [1.54, 1.807) is 6.92 Å². The van der Waals surface area contributed by atoms with E-state index in [0.29, 0.717) is 6.61 Å². The summed E-state index contributed by atoms with van der Waals surface area (Å²) in [5, 5.41) is 21.1. The van der Waals surface area contributed by atoms with Crippen LogP contribution < -0.4 is 5.32 Å². The molecule has 0 fully saturated rings. The molecule has 0 aliphatic carbocycles. The number of nitrogens with one attached hydrogen (secondary N) is 1. The van der Waals surface area contributed by atoms with Crippen LogP contribution in [0.3, 0.4) is 0 Å². The molecule has 0 rings (SSSR count). The van der Waals surface area contributed by atoms with E-state index in [0.717, 1.165) is 6.42 Å². The maximum absolute atomic E-state index is 10.6. The minimum Gasteiger partial charge on any atom is -0.480 e. The van der Waals surface area contributed by atoms with E-state index in [2.05, 4.69) is 12.2 Å². The first-order chi connectivity index (χ1) is 11.6. The van der Waals surface area contributed by atoms with Gasteiger partial charge in [0, 0.05) is 13.2 Å². The van der Waals surface area contributed by atoms with Gasteiger partial charge in [-0.1, -0.05) is 71.1 Å². The zero-order chi connectivity index (χ0) is 18.0. The Hall–Kier alpha value is -0.650. The first-order valence-electron chi connectivity index (χ1n) is 9.80. The highest BCUT2D eigenvalue weighted by atomic mass is 16.5. The topological polar surface area (TPSA) is 78.8 Å². The normalized spacial score (nSPS) is 13.8. The van der Waals surface area contributed by atoms with E-state index in [1.807, 2.05) is 0 Å². The fraction of sp³-hybridized carbons (Fsp3) is 0.947. The fourth-order valence-electron chi connectivity index (χ4n) is 2.55. The second-order valence-electron chi connectivity index (χ2n) is 6.73. The van der Waals surface area contributed by atoms with Crippen LogP contribution >= 0.6 is 0 Å². The Morgan fingerprint density at radius 3 is 1.96 bits per heavy atom. The Kier molecular flexibility index (Phi) is 16.7. The Balaban J connectivity index is 3.20. The maximum Gasteiger partial charge on any atom is 0.320 e. The Morgan fingerprint density at radius 2 is 1.46 bits per heavy atom. The predicted octanol–water partition coefficient (Wildman–Crippen LogP) is 3.74. The maximum atomic E-state index is 10.6. The summed E-state index contributed by atoms with van der Waals surface area (Å²) in [6.45, 7) is 4.98. The number of aliphatic hydroxyl groups is 1. The molecule has 5 nitrogen and oxygen atoms in total. The number of rotatable bonds is 18. The summed E-state index contributed by atoms with van der Waals surface area (Å²) in [7, 11) is 0. The van der Waals surface area contributed by atoms with Crippen molar-refractivity contribution in [2.45, 2.75) is 96.6 Å². The zero-order valence-corrected chi connectivity index (χ0v) is 15.8. The number of aliphatic carboxylic acids is 1. The van der Waals surface area contributed by atoms with E-state index < -0.39 is 18.1 Å². The number of carboxylic acid groups (broad SMARTS) is 1. The molecule has 5 heteroatoms. The highest BCUT2D eigenvalue weighted by molar-refractivity contribution is 5.72. The molecule has 0 aliphatic heterocycles. The number of hydrogen-bond donors (Lipinski definition) is 3. The van der Waals surface area contributed by atoms with Crippen LogP contribution in [0.1, 0.15) is 84.5 Å². The summed E-state index contributed by atoms with van der Waals surface area (Å²) < 4.78 is 5.43. The Labute approximate surface area is 148 Å². The molecule has 24 heavy (non-hydrogen) atoms. The minimum atomic E-state index is -0.913. The van der Waals surface area contributed by atoms with E-state index in [4.69, 9.17) is 9.84 Å². The van der Waals surface area contributed by atoms with Gasteiger partial charge >= 0.3 is 5.97 Å². The lowest BCUT2D eigenvalue weighted by atomic mass is 10.1. The molecular formula is C19H39NO4. The molecule has 144 valence electrons. The molecule has 0 bridgehead atoms. The van der Waals surface area contributed by atoms with Gasteiger partial charge in [0.1, 0.15) is 6.04 Å². The summed E-state index contributed by atoms with van der Waals surface area (Å²) in [6.07, 6.45) is 13.7. The summed E-state index contributed by atoms with van der Waals surface area (Å²) in [5.41, 5.74) is 0. The van der Waals surface area contributed by atoms with Crippen molar-refractivity contribution in [2.75, 3.05) is 19.8 Å². The number of hydrogen-bond acceptors (Lipinski definition) is 4. The summed E-state index contributed by atoms with van der Waals surface area (Å²) >= 11 is 0. The van der Waals surface area contributed by atoms with E-state index in [1.165, 1.54) is 64.2 Å². The third-order valence-corrected chi connectivity index (χ3v) is 4.23. The van der Waals surface area contributed by atoms with Crippen LogP contribution in [-0.2, 0) is 9.53 Å². The third kappa shape index (κ3) is 16.2. The molecule has 0 aromatic carbocycles. The van der Waals surface area contributed by atoms with Gasteiger partial charge in [-0.2, -0.15) is 0 Å². The van der Waals surface area contributed by atoms with Crippen LogP contribution in [-0.4, -0.2) is 48.1 Å². The van der Waals surface area contributed by atoms with Crippen molar-refractivity contribution in [2.24, 2.45) is 0 Å². The first-order valence-corrected chi connectivity index (χ1v) is 9.80. The van der Waals surface area contributed by atoms with Crippen molar-refractivity contribution in [3.8, 4) is 0 Å². The average molecular weight is 346 g/mol. The molecular weight excluding hydrogens is 306 g/mol. The first kappa shape index (κ1) is 23.4. The van der Waals surface area contributed by atoms with Gasteiger partial charge in [0.2, 0.25) is 0 Å². The average Bonchev–Trinajstić information content (AvgIpc) is 2.56. The number of ether oxygens (including phenoxy) is 1. The van der Waals surface area contributed by atoms with Crippen molar-refractivity contribution in [3.63, 3.8) is 0 Å².